The maximum Gasteiger partial charge on any atom is 0.0675 e. The molecule has 0 aliphatic heterocycles. The van der Waals surface area contributed by atoms with Crippen molar-refractivity contribution in [2.24, 2.45) is 34.5 Å². The molecule has 4 rings (SSSR count). The van der Waals surface area contributed by atoms with Crippen LogP contribution in [0.15, 0.2) is 0 Å². The molecule has 0 saturated heterocycles. The average molecular weight is 306 g/mol. The van der Waals surface area contributed by atoms with Crippen molar-refractivity contribution in [3.05, 3.63) is 0 Å². The molecule has 8 atom stereocenters. The SMILES string of the molecule is C[C@]12C[C@@H](O)CC[C@@H]1CC[C@@H]1[C@@H]2CC[C@@]2(C)[C@H]1CC[C@]2(C)O. The minimum atomic E-state index is -0.466. The second kappa shape index (κ2) is 4.72. The molecule has 0 radical (unpaired) electrons. The number of aliphatic hydroxyl groups excluding tert-OH is 1. The Morgan fingerprint density at radius 1 is 0.818 bits per heavy atom. The quantitative estimate of drug-likeness (QED) is 0.706. The highest BCUT2D eigenvalue weighted by Gasteiger charge is 2.63. The van der Waals surface area contributed by atoms with E-state index in [-0.39, 0.29) is 11.5 Å². The van der Waals surface area contributed by atoms with Crippen LogP contribution in [0, 0.1) is 34.5 Å². The molecule has 0 aromatic carbocycles. The number of fused-ring (bicyclic) bond motifs is 5. The maximum atomic E-state index is 10.9. The van der Waals surface area contributed by atoms with E-state index in [0.717, 1.165) is 37.0 Å². The van der Waals surface area contributed by atoms with Gasteiger partial charge < -0.3 is 10.2 Å². The summed E-state index contributed by atoms with van der Waals surface area (Å²) in [6.45, 7) is 6.95. The standard InChI is InChI=1S/C20H34O2/c1-18-12-14(21)6-4-13(18)5-7-15-16(18)8-10-19(2)17(15)9-11-20(19,3)22/h13-17,21-22H,4-12H2,1-3H3/t13-,14+,15-,16+,17+,18+,19+,20+/m1/s1. The molecule has 4 fully saturated rings. The largest absolute Gasteiger partial charge is 0.393 e. The van der Waals surface area contributed by atoms with Crippen LogP contribution in [-0.4, -0.2) is 21.9 Å². The van der Waals surface area contributed by atoms with Crippen LogP contribution in [0.1, 0.15) is 78.6 Å². The van der Waals surface area contributed by atoms with Gasteiger partial charge in [-0.25, -0.2) is 0 Å². The Kier molecular flexibility index (Phi) is 3.32. The van der Waals surface area contributed by atoms with Crippen LogP contribution in [0.4, 0.5) is 0 Å². The highest BCUT2D eigenvalue weighted by molar-refractivity contribution is 5.12. The molecule has 0 aromatic heterocycles. The van der Waals surface area contributed by atoms with Gasteiger partial charge in [-0.2, -0.15) is 0 Å². The summed E-state index contributed by atoms with van der Waals surface area (Å²) >= 11 is 0. The molecule has 0 amide bonds. The van der Waals surface area contributed by atoms with Crippen molar-refractivity contribution in [2.45, 2.75) is 90.3 Å². The van der Waals surface area contributed by atoms with Crippen molar-refractivity contribution in [1.82, 2.24) is 0 Å². The third-order valence-corrected chi connectivity index (χ3v) is 9.15. The van der Waals surface area contributed by atoms with Crippen LogP contribution >= 0.6 is 0 Å². The summed E-state index contributed by atoms with van der Waals surface area (Å²) in [6, 6.07) is 0. The third-order valence-electron chi connectivity index (χ3n) is 9.15. The van der Waals surface area contributed by atoms with E-state index in [0.29, 0.717) is 11.3 Å². The first-order valence-corrected chi connectivity index (χ1v) is 9.68. The van der Waals surface area contributed by atoms with Crippen LogP contribution in [0.5, 0.6) is 0 Å². The van der Waals surface area contributed by atoms with Gasteiger partial charge in [0.25, 0.3) is 0 Å². The van der Waals surface area contributed by atoms with Gasteiger partial charge in [-0.05, 0) is 99.2 Å². The molecule has 0 bridgehead atoms. The van der Waals surface area contributed by atoms with E-state index in [9.17, 15) is 10.2 Å². The van der Waals surface area contributed by atoms with Crippen LogP contribution in [0.3, 0.4) is 0 Å². The monoisotopic (exact) mass is 306 g/mol. The molecule has 0 aromatic rings. The van der Waals surface area contributed by atoms with Crippen LogP contribution in [0.25, 0.3) is 0 Å². The Balaban J connectivity index is 1.65. The molecule has 2 nitrogen and oxygen atoms in total. The van der Waals surface area contributed by atoms with E-state index in [2.05, 4.69) is 20.8 Å². The summed E-state index contributed by atoms with van der Waals surface area (Å²) in [5.74, 6) is 3.12. The summed E-state index contributed by atoms with van der Waals surface area (Å²) in [5, 5.41) is 21.2. The molecule has 4 aliphatic carbocycles. The van der Waals surface area contributed by atoms with E-state index in [1.807, 2.05) is 0 Å². The molecule has 0 spiro atoms. The topological polar surface area (TPSA) is 40.5 Å². The van der Waals surface area contributed by atoms with E-state index in [1.54, 1.807) is 0 Å². The molecule has 2 N–H and O–H groups in total. The highest BCUT2D eigenvalue weighted by atomic mass is 16.3. The first-order valence-electron chi connectivity index (χ1n) is 9.68. The lowest BCUT2D eigenvalue weighted by atomic mass is 9.44. The predicted molar refractivity (Wildman–Crippen MR) is 88.4 cm³/mol. The van der Waals surface area contributed by atoms with Crippen molar-refractivity contribution in [1.29, 1.82) is 0 Å². The first kappa shape index (κ1) is 15.4. The lowest BCUT2D eigenvalue weighted by Gasteiger charge is -2.61. The minimum absolute atomic E-state index is 0.0694. The Bertz CT molecular complexity index is 459. The third kappa shape index (κ3) is 1.86. The van der Waals surface area contributed by atoms with Gasteiger partial charge in [0.2, 0.25) is 0 Å². The molecule has 126 valence electrons. The number of hydrogen-bond donors (Lipinski definition) is 2. The Hall–Kier alpha value is -0.0800. The molecule has 2 heteroatoms. The van der Waals surface area contributed by atoms with Gasteiger partial charge in [0, 0.05) is 0 Å². The van der Waals surface area contributed by atoms with Gasteiger partial charge in [-0.1, -0.05) is 13.8 Å². The maximum absolute atomic E-state index is 10.9. The average Bonchev–Trinajstić information content (AvgIpc) is 2.68. The summed E-state index contributed by atoms with van der Waals surface area (Å²) in [5.41, 5.74) is 0.0213. The van der Waals surface area contributed by atoms with Crippen molar-refractivity contribution in [3.8, 4) is 0 Å². The van der Waals surface area contributed by atoms with E-state index in [1.165, 1.54) is 38.5 Å². The fraction of sp³-hybridized carbons (Fsp3) is 1.00. The van der Waals surface area contributed by atoms with Crippen molar-refractivity contribution in [2.75, 3.05) is 0 Å². The fourth-order valence-corrected chi connectivity index (χ4v) is 7.57. The second-order valence-electron chi connectivity index (χ2n) is 9.86. The van der Waals surface area contributed by atoms with Gasteiger partial charge in [0.1, 0.15) is 0 Å². The molecule has 4 aliphatic rings. The molecular formula is C20H34O2. The predicted octanol–water partition coefficient (Wildman–Crippen LogP) is 4.14. The second-order valence-corrected chi connectivity index (χ2v) is 9.86. The van der Waals surface area contributed by atoms with Crippen LogP contribution in [-0.2, 0) is 0 Å². The van der Waals surface area contributed by atoms with Gasteiger partial charge in [-0.15, -0.1) is 0 Å². The lowest BCUT2D eigenvalue weighted by molar-refractivity contribution is -0.155. The van der Waals surface area contributed by atoms with E-state index >= 15 is 0 Å². The van der Waals surface area contributed by atoms with E-state index < -0.39 is 5.60 Å². The highest BCUT2D eigenvalue weighted by Crippen LogP contribution is 2.68. The van der Waals surface area contributed by atoms with Crippen molar-refractivity contribution >= 4 is 0 Å². The zero-order chi connectivity index (χ0) is 15.8. The Morgan fingerprint density at radius 3 is 2.27 bits per heavy atom. The number of hydrogen-bond acceptors (Lipinski definition) is 2. The summed E-state index contributed by atoms with van der Waals surface area (Å²) in [6.07, 6.45) is 10.6. The van der Waals surface area contributed by atoms with Crippen molar-refractivity contribution < 1.29 is 10.2 Å². The van der Waals surface area contributed by atoms with Gasteiger partial charge in [0.15, 0.2) is 0 Å². The fourth-order valence-electron chi connectivity index (χ4n) is 7.57. The summed E-state index contributed by atoms with van der Waals surface area (Å²) < 4.78 is 0. The molecular weight excluding hydrogens is 272 g/mol. The zero-order valence-electron chi connectivity index (χ0n) is 14.6. The molecule has 0 unspecified atom stereocenters. The lowest BCUT2D eigenvalue weighted by Crippen LogP contribution is -2.56. The zero-order valence-corrected chi connectivity index (χ0v) is 14.6. The van der Waals surface area contributed by atoms with E-state index in [4.69, 9.17) is 0 Å². The van der Waals surface area contributed by atoms with Crippen LogP contribution < -0.4 is 0 Å². The van der Waals surface area contributed by atoms with Gasteiger partial charge in [-0.3, -0.25) is 0 Å². The minimum Gasteiger partial charge on any atom is -0.393 e. The molecule has 0 heterocycles. The van der Waals surface area contributed by atoms with Crippen molar-refractivity contribution in [3.63, 3.8) is 0 Å². The molecule has 4 saturated carbocycles. The first-order chi connectivity index (χ1) is 10.3. The number of rotatable bonds is 0. The number of aliphatic hydroxyl groups is 2. The normalized spacial score (nSPS) is 61.2. The van der Waals surface area contributed by atoms with Crippen LogP contribution in [0.2, 0.25) is 0 Å². The summed E-state index contributed by atoms with van der Waals surface area (Å²) in [4.78, 5) is 0. The Morgan fingerprint density at radius 2 is 1.50 bits per heavy atom. The van der Waals surface area contributed by atoms with Gasteiger partial charge in [0.05, 0.1) is 11.7 Å². The van der Waals surface area contributed by atoms with Gasteiger partial charge >= 0.3 is 0 Å². The Labute approximate surface area is 135 Å². The smallest absolute Gasteiger partial charge is 0.0675 e. The summed E-state index contributed by atoms with van der Waals surface area (Å²) in [7, 11) is 0. The molecule has 22 heavy (non-hydrogen) atoms.